The number of nitrogens with zero attached hydrogens (tertiary/aromatic N) is 2. The van der Waals surface area contributed by atoms with E-state index in [1.165, 1.54) is 17.8 Å². The predicted octanol–water partition coefficient (Wildman–Crippen LogP) is 5.03. The summed E-state index contributed by atoms with van der Waals surface area (Å²) < 4.78 is 28.8. The van der Waals surface area contributed by atoms with Crippen LogP contribution in [0.25, 0.3) is 11.1 Å². The summed E-state index contributed by atoms with van der Waals surface area (Å²) in [4.78, 5) is 9.03. The zero-order valence-corrected chi connectivity index (χ0v) is 20.8. The van der Waals surface area contributed by atoms with E-state index in [2.05, 4.69) is 20.0 Å². The van der Waals surface area contributed by atoms with Gasteiger partial charge in [-0.05, 0) is 35.7 Å². The summed E-state index contributed by atoms with van der Waals surface area (Å²) in [5.74, 6) is 1.21. The van der Waals surface area contributed by atoms with Crippen LogP contribution in [0.15, 0.2) is 101 Å². The minimum atomic E-state index is -3.87. The number of benzene rings is 3. The Bertz CT molecular complexity index is 1350. The van der Waals surface area contributed by atoms with E-state index < -0.39 is 10.0 Å². The summed E-state index contributed by atoms with van der Waals surface area (Å²) in [5.41, 5.74) is 3.04. The van der Waals surface area contributed by atoms with Gasteiger partial charge in [-0.3, -0.25) is 4.72 Å². The maximum atomic E-state index is 13.1. The van der Waals surface area contributed by atoms with Gasteiger partial charge in [-0.15, -0.1) is 0 Å². The van der Waals surface area contributed by atoms with Crippen LogP contribution in [0.2, 0.25) is 0 Å². The average Bonchev–Trinajstić information content (AvgIpc) is 2.88. The summed E-state index contributed by atoms with van der Waals surface area (Å²) in [6.07, 6.45) is 0. The molecule has 1 heterocycles. The first kappa shape index (κ1) is 24.7. The van der Waals surface area contributed by atoms with Crippen LogP contribution < -0.4 is 10.0 Å². The molecule has 0 unspecified atom stereocenters. The van der Waals surface area contributed by atoms with Gasteiger partial charge in [-0.2, -0.15) is 0 Å². The number of sulfonamides is 1. The molecule has 0 aliphatic rings. The molecule has 0 spiro atoms. The highest BCUT2D eigenvalue weighted by Crippen LogP contribution is 2.26. The Morgan fingerprint density at radius 1 is 0.857 bits per heavy atom. The third-order valence-electron chi connectivity index (χ3n) is 5.10. The van der Waals surface area contributed by atoms with E-state index in [0.717, 1.165) is 16.7 Å². The van der Waals surface area contributed by atoms with Gasteiger partial charge in [0, 0.05) is 17.9 Å². The monoisotopic (exact) mass is 506 g/mol. The molecule has 3 aromatic carbocycles. The van der Waals surface area contributed by atoms with Crippen molar-refractivity contribution in [3.05, 3.63) is 96.6 Å². The van der Waals surface area contributed by atoms with Crippen molar-refractivity contribution >= 4 is 33.4 Å². The quantitative estimate of drug-likeness (QED) is 0.205. The third-order valence-corrected chi connectivity index (χ3v) is 7.38. The Hall–Kier alpha value is -3.40. The van der Waals surface area contributed by atoms with Crippen molar-refractivity contribution in [3.8, 4) is 11.1 Å². The standard InChI is InChI=1S/C26H26N4O3S2/c1-19(17-31)27-24-16-25(29-26(28-24)34-18-20-8-4-2-5-9-20)30-35(32,33)23-14-12-22(13-15-23)21-10-6-3-7-11-21/h2-16,19,31H,17-18H2,1H3,(H2,27,28,29,30)/t19-/m1/s1. The second-order valence-electron chi connectivity index (χ2n) is 7.92. The SMILES string of the molecule is C[C@H](CO)Nc1cc(NS(=O)(=O)c2ccc(-c3ccccc3)cc2)nc(SCc2ccccc2)n1. The molecule has 0 aliphatic heterocycles. The molecular weight excluding hydrogens is 480 g/mol. The number of aromatic nitrogens is 2. The molecule has 0 fully saturated rings. The normalized spacial score (nSPS) is 12.2. The van der Waals surface area contributed by atoms with Gasteiger partial charge in [0.2, 0.25) is 0 Å². The summed E-state index contributed by atoms with van der Waals surface area (Å²) >= 11 is 1.40. The van der Waals surface area contributed by atoms with Crippen LogP contribution in [0.5, 0.6) is 0 Å². The van der Waals surface area contributed by atoms with E-state index >= 15 is 0 Å². The number of nitrogens with one attached hydrogen (secondary N) is 2. The fourth-order valence-electron chi connectivity index (χ4n) is 3.29. The number of rotatable bonds is 10. The van der Waals surface area contributed by atoms with Crippen LogP contribution in [0.1, 0.15) is 12.5 Å². The molecule has 35 heavy (non-hydrogen) atoms. The average molecular weight is 507 g/mol. The molecule has 4 rings (SSSR count). The van der Waals surface area contributed by atoms with Gasteiger partial charge < -0.3 is 10.4 Å². The van der Waals surface area contributed by atoms with E-state index in [9.17, 15) is 13.5 Å². The van der Waals surface area contributed by atoms with Crippen molar-refractivity contribution < 1.29 is 13.5 Å². The third kappa shape index (κ3) is 6.82. The van der Waals surface area contributed by atoms with Gasteiger partial charge in [0.05, 0.1) is 11.5 Å². The van der Waals surface area contributed by atoms with Gasteiger partial charge in [0.15, 0.2) is 5.16 Å². The molecule has 1 aromatic heterocycles. The second-order valence-corrected chi connectivity index (χ2v) is 10.5. The second kappa shape index (κ2) is 11.4. The number of aliphatic hydroxyl groups is 1. The lowest BCUT2D eigenvalue weighted by Gasteiger charge is -2.14. The van der Waals surface area contributed by atoms with Crippen LogP contribution in [-0.2, 0) is 15.8 Å². The summed E-state index contributed by atoms with van der Waals surface area (Å²) in [7, 11) is -3.87. The Kier molecular flexibility index (Phi) is 8.02. The fraction of sp³-hybridized carbons (Fsp3) is 0.154. The molecule has 0 saturated carbocycles. The first-order valence-corrected chi connectivity index (χ1v) is 13.5. The molecule has 180 valence electrons. The van der Waals surface area contributed by atoms with E-state index in [1.54, 1.807) is 31.2 Å². The Balaban J connectivity index is 1.56. The molecule has 0 bridgehead atoms. The van der Waals surface area contributed by atoms with Gasteiger partial charge in [-0.1, -0.05) is 84.6 Å². The molecule has 4 aromatic rings. The first-order valence-electron chi connectivity index (χ1n) is 11.0. The molecule has 3 N–H and O–H groups in total. The van der Waals surface area contributed by atoms with Crippen molar-refractivity contribution in [1.29, 1.82) is 0 Å². The maximum absolute atomic E-state index is 13.1. The van der Waals surface area contributed by atoms with Crippen LogP contribution in [-0.4, -0.2) is 36.1 Å². The van der Waals surface area contributed by atoms with Crippen LogP contribution in [0, 0.1) is 0 Å². The molecular formula is C26H26N4O3S2. The van der Waals surface area contributed by atoms with Gasteiger partial charge >= 0.3 is 0 Å². The van der Waals surface area contributed by atoms with E-state index in [0.29, 0.717) is 16.7 Å². The smallest absolute Gasteiger partial charge is 0.263 e. The molecule has 0 saturated heterocycles. The number of aliphatic hydroxyl groups excluding tert-OH is 1. The van der Waals surface area contributed by atoms with Gasteiger partial charge in [0.25, 0.3) is 10.0 Å². The number of thioether (sulfide) groups is 1. The zero-order chi connectivity index (χ0) is 24.7. The molecule has 0 radical (unpaired) electrons. The fourth-order valence-corrected chi connectivity index (χ4v) is 5.10. The number of hydrogen-bond donors (Lipinski definition) is 3. The van der Waals surface area contributed by atoms with Crippen molar-refractivity contribution in [1.82, 2.24) is 9.97 Å². The topological polar surface area (TPSA) is 104 Å². The summed E-state index contributed by atoms with van der Waals surface area (Å²) in [6.45, 7) is 1.71. The predicted molar refractivity (Wildman–Crippen MR) is 141 cm³/mol. The Morgan fingerprint density at radius 2 is 1.46 bits per heavy atom. The van der Waals surface area contributed by atoms with Crippen LogP contribution in [0.4, 0.5) is 11.6 Å². The summed E-state index contributed by atoms with van der Waals surface area (Å²) in [5, 5.41) is 12.9. The minimum Gasteiger partial charge on any atom is -0.394 e. The molecule has 1 atom stereocenters. The highest BCUT2D eigenvalue weighted by Gasteiger charge is 2.17. The Morgan fingerprint density at radius 3 is 2.11 bits per heavy atom. The van der Waals surface area contributed by atoms with Crippen molar-refractivity contribution in [2.24, 2.45) is 0 Å². The van der Waals surface area contributed by atoms with Crippen molar-refractivity contribution in [3.63, 3.8) is 0 Å². The Labute approximate surface area is 209 Å². The molecule has 0 aliphatic carbocycles. The lowest BCUT2D eigenvalue weighted by atomic mass is 10.1. The summed E-state index contributed by atoms with van der Waals surface area (Å²) in [6, 6.07) is 27.6. The van der Waals surface area contributed by atoms with E-state index in [4.69, 9.17) is 0 Å². The number of hydrogen-bond acceptors (Lipinski definition) is 7. The lowest BCUT2D eigenvalue weighted by Crippen LogP contribution is -2.21. The van der Waals surface area contributed by atoms with E-state index in [-0.39, 0.29) is 23.4 Å². The molecule has 0 amide bonds. The van der Waals surface area contributed by atoms with Crippen molar-refractivity contribution in [2.75, 3.05) is 16.6 Å². The highest BCUT2D eigenvalue weighted by atomic mass is 32.2. The molecule has 7 nitrogen and oxygen atoms in total. The van der Waals surface area contributed by atoms with Crippen LogP contribution in [0.3, 0.4) is 0 Å². The van der Waals surface area contributed by atoms with Crippen molar-refractivity contribution in [2.45, 2.75) is 28.8 Å². The molecule has 9 heteroatoms. The minimum absolute atomic E-state index is 0.0919. The van der Waals surface area contributed by atoms with Gasteiger partial charge in [-0.25, -0.2) is 18.4 Å². The highest BCUT2D eigenvalue weighted by molar-refractivity contribution is 7.98. The van der Waals surface area contributed by atoms with E-state index in [1.807, 2.05) is 60.7 Å². The maximum Gasteiger partial charge on any atom is 0.263 e. The first-order chi connectivity index (χ1) is 16.9. The van der Waals surface area contributed by atoms with Crippen LogP contribution >= 0.6 is 11.8 Å². The number of anilines is 2. The lowest BCUT2D eigenvalue weighted by molar-refractivity contribution is 0.281. The van der Waals surface area contributed by atoms with Gasteiger partial charge in [0.1, 0.15) is 11.6 Å². The zero-order valence-electron chi connectivity index (χ0n) is 19.1. The largest absolute Gasteiger partial charge is 0.394 e.